The van der Waals surface area contributed by atoms with Crippen LogP contribution in [0.3, 0.4) is 0 Å². The largest absolute Gasteiger partial charge is 2.00 e. The summed E-state index contributed by atoms with van der Waals surface area (Å²) >= 11 is 0. The monoisotopic (exact) mass is 879 g/mol. The number of allylic oxidation sites excluding steroid dienone is 2. The first-order chi connectivity index (χ1) is 30.2. The van der Waals surface area contributed by atoms with Crippen molar-refractivity contribution in [3.05, 3.63) is 95.4 Å². The number of aldehydes is 1. The molecule has 2 aliphatic heterocycles. The molecule has 64 heavy (non-hydrogen) atoms. The number of fused-ring (bicyclic) bond motifs is 8. The van der Waals surface area contributed by atoms with Crippen molar-refractivity contribution in [2.24, 2.45) is 35.5 Å². The van der Waals surface area contributed by atoms with Crippen LogP contribution in [0.4, 0.5) is 0 Å². The summed E-state index contributed by atoms with van der Waals surface area (Å²) in [6, 6.07) is -0.567. The van der Waals surface area contributed by atoms with Gasteiger partial charge in [-0.15, -0.1) is 33.1 Å². The van der Waals surface area contributed by atoms with Crippen LogP contribution < -0.4 is 36.2 Å². The predicted molar refractivity (Wildman–Crippen MR) is 260 cm³/mol. The molecule has 0 spiro atoms. The first-order valence-electron chi connectivity index (χ1n) is 23.6. The second kappa shape index (κ2) is 22.8. The van der Waals surface area contributed by atoms with Crippen LogP contribution in [0.15, 0.2) is 23.9 Å². The van der Waals surface area contributed by atoms with E-state index < -0.39 is 12.0 Å². The van der Waals surface area contributed by atoms with E-state index in [0.29, 0.717) is 74.4 Å². The fraction of sp³-hybridized carbons (Fsp3) is 0.537. The molecule has 0 aromatic carbocycles. The van der Waals surface area contributed by atoms with Crippen LogP contribution in [0.2, 0.25) is 0 Å². The van der Waals surface area contributed by atoms with E-state index in [1.54, 1.807) is 6.08 Å². The Balaban J connectivity index is 0.00000771. The van der Waals surface area contributed by atoms with Crippen molar-refractivity contribution >= 4 is 77.2 Å². The van der Waals surface area contributed by atoms with Crippen molar-refractivity contribution in [3.8, 4) is 0 Å². The van der Waals surface area contributed by atoms with E-state index >= 15 is 0 Å². The second-order valence-electron chi connectivity index (χ2n) is 19.2. The molecule has 340 valence electrons. The minimum Gasteiger partial charge on any atom is -0.681 e. The number of esters is 1. The summed E-state index contributed by atoms with van der Waals surface area (Å²) in [5.41, 5.74) is 8.33. The smallest absolute Gasteiger partial charge is 0.681 e. The SMILES string of the molecule is C=Cc1c2[n-]c(c1C)/C=C1\[N-]C(C3=c4[n-]/c(c(C)c4C(=O)[C@@H]3C=O)=C\c3[n-]c(/c(=C\O)c3CC)=C\2)[C@@H](CCC(=O)OC/C=C(\C)CCC[C@H](C)CCC[C@H](C)CCCC(C)C)[C@@H]1C.[Mg+2]. The fourth-order valence-electron chi connectivity index (χ4n) is 10.1. The minimum absolute atomic E-state index is 0. The molecule has 1 N–H and O–H groups in total. The number of Topliss-reactive ketones (excluding diaryl/α,β-unsaturated/α-hetero) is 1. The van der Waals surface area contributed by atoms with Crippen LogP contribution >= 0.6 is 0 Å². The van der Waals surface area contributed by atoms with E-state index in [2.05, 4.69) is 48.1 Å². The van der Waals surface area contributed by atoms with Gasteiger partial charge >= 0.3 is 29.0 Å². The van der Waals surface area contributed by atoms with Crippen molar-refractivity contribution < 1.29 is 24.2 Å². The summed E-state index contributed by atoms with van der Waals surface area (Å²) in [6.45, 7) is 23.8. The Hall–Kier alpha value is -4.28. The molecular weight excluding hydrogens is 809 g/mol. The average Bonchev–Trinajstić information content (AvgIpc) is 3.99. The number of ether oxygens (including phenoxy) is 1. The van der Waals surface area contributed by atoms with E-state index in [-0.39, 0.29) is 59.7 Å². The molecule has 5 heterocycles. The maximum atomic E-state index is 14.1. The summed E-state index contributed by atoms with van der Waals surface area (Å²) in [6.07, 6.45) is 23.8. The van der Waals surface area contributed by atoms with Gasteiger partial charge in [-0.25, -0.2) is 0 Å². The molecule has 10 heteroatoms. The van der Waals surface area contributed by atoms with E-state index in [0.717, 1.165) is 59.0 Å². The third-order valence-corrected chi connectivity index (χ3v) is 14.1. The molecule has 9 nitrogen and oxygen atoms in total. The summed E-state index contributed by atoms with van der Waals surface area (Å²) in [5, 5.41) is 17.9. The van der Waals surface area contributed by atoms with Crippen molar-refractivity contribution in [1.29, 1.82) is 0 Å². The van der Waals surface area contributed by atoms with Crippen LogP contribution in [-0.2, 0) is 20.7 Å². The van der Waals surface area contributed by atoms with Gasteiger partial charge < -0.3 is 34.9 Å². The molecule has 1 aliphatic carbocycles. The molecule has 1 saturated heterocycles. The van der Waals surface area contributed by atoms with Gasteiger partial charge in [-0.3, -0.25) is 9.59 Å². The second-order valence-corrected chi connectivity index (χ2v) is 19.2. The Bertz CT molecular complexity index is 2500. The van der Waals surface area contributed by atoms with Gasteiger partial charge in [0.05, 0.1) is 12.2 Å². The van der Waals surface area contributed by atoms with Crippen LogP contribution in [-0.4, -0.2) is 58.8 Å². The molecule has 0 amide bonds. The first-order valence-corrected chi connectivity index (χ1v) is 23.6. The number of nitrogens with zero attached hydrogens (tertiary/aromatic N) is 4. The van der Waals surface area contributed by atoms with E-state index in [9.17, 15) is 19.5 Å². The van der Waals surface area contributed by atoms with Gasteiger partial charge in [0.2, 0.25) is 0 Å². The topological polar surface area (TPSA) is 137 Å². The zero-order chi connectivity index (χ0) is 45.5. The summed E-state index contributed by atoms with van der Waals surface area (Å²) in [4.78, 5) is 55.3. The molecule has 3 aliphatic rings. The molecule has 6 rings (SSSR count). The average molecular weight is 879 g/mol. The van der Waals surface area contributed by atoms with Gasteiger partial charge in [0.15, 0.2) is 5.78 Å². The van der Waals surface area contributed by atoms with Crippen molar-refractivity contribution in [2.75, 3.05) is 6.61 Å². The number of hydrogen-bond acceptors (Lipinski definition) is 5. The molecule has 6 atom stereocenters. The Morgan fingerprint density at radius 3 is 2.20 bits per heavy atom. The minimum atomic E-state index is -1.02. The van der Waals surface area contributed by atoms with Gasteiger partial charge in [0, 0.05) is 12.0 Å². The Labute approximate surface area is 397 Å². The quantitative estimate of drug-likeness (QED) is 0.0395. The molecule has 0 saturated carbocycles. The fourth-order valence-corrected chi connectivity index (χ4v) is 10.1. The predicted octanol–water partition coefficient (Wildman–Crippen LogP) is 8.19. The molecule has 3 aromatic heterocycles. The van der Waals surface area contributed by atoms with Crippen molar-refractivity contribution in [3.63, 3.8) is 0 Å². The zero-order valence-electron chi connectivity index (χ0n) is 40.1. The Kier molecular flexibility index (Phi) is 18.0. The van der Waals surface area contributed by atoms with Gasteiger partial charge in [-0.05, 0) is 92.9 Å². The van der Waals surface area contributed by atoms with Gasteiger partial charge in [-0.1, -0.05) is 151 Å². The number of aliphatic hydroxyl groups excluding tert-OH is 1. The molecular formula is C54H70MgN4O5-2. The van der Waals surface area contributed by atoms with E-state index in [1.807, 2.05) is 45.1 Å². The van der Waals surface area contributed by atoms with Gasteiger partial charge in [-0.2, -0.15) is 5.70 Å². The number of carbonyl (C=O) groups is 3. The zero-order valence-corrected chi connectivity index (χ0v) is 41.5. The van der Waals surface area contributed by atoms with E-state index in [4.69, 9.17) is 25.0 Å². The number of rotatable bonds is 20. The van der Waals surface area contributed by atoms with Gasteiger partial charge in [0.1, 0.15) is 12.9 Å². The molecule has 3 aromatic rings. The first kappa shape index (κ1) is 50.7. The van der Waals surface area contributed by atoms with E-state index in [1.165, 1.54) is 50.5 Å². The normalized spacial score (nSPS) is 22.2. The summed E-state index contributed by atoms with van der Waals surface area (Å²) in [7, 11) is 0. The number of aromatic nitrogens is 3. The third-order valence-electron chi connectivity index (χ3n) is 14.1. The summed E-state index contributed by atoms with van der Waals surface area (Å²) < 4.78 is 5.76. The third kappa shape index (κ3) is 11.2. The molecule has 8 bridgehead atoms. The number of aliphatic hydroxyl groups is 1. The maximum absolute atomic E-state index is 14.1. The molecule has 1 fully saturated rings. The standard InChI is InChI=1S/C54H70N4O5.Mg/c1-11-38-35(8)43-26-44-36(9)40(22-23-49(61)63-25-24-34(7)21-15-20-33(6)19-14-18-32(5)17-13-16-31(3)4)52(57-44)51-42(30-60)54(62)50-37(10)45(58-53(50)51)27-47-39(12-2)41(29-59)48(56-47)28-46(38)55-43;/h11,24,26-33,36,40,42,52H,1,12-23,25H2,2-10H3,(H,59,62);/q-4;+2/b34-24+,44-26-,48-28-;/t32-,33-,36+,40+,42-,52?;/m1./s1. The summed E-state index contributed by atoms with van der Waals surface area (Å²) in [5.74, 6) is 0.386. The number of carbonyl (C=O) groups excluding carboxylic acids is 3. The molecule has 1 unspecified atom stereocenters. The Morgan fingerprint density at radius 2 is 1.56 bits per heavy atom. The van der Waals surface area contributed by atoms with Crippen molar-refractivity contribution in [1.82, 2.24) is 15.0 Å². The number of ketones is 1. The molecule has 0 radical (unpaired) electrons. The number of hydrogen-bond donors (Lipinski definition) is 1. The van der Waals surface area contributed by atoms with Crippen LogP contribution in [0.1, 0.15) is 169 Å². The maximum Gasteiger partial charge on any atom is 2.00 e. The van der Waals surface area contributed by atoms with Crippen LogP contribution in [0.5, 0.6) is 0 Å². The van der Waals surface area contributed by atoms with Crippen LogP contribution in [0.25, 0.3) is 41.5 Å². The van der Waals surface area contributed by atoms with Crippen molar-refractivity contribution in [2.45, 2.75) is 145 Å². The Morgan fingerprint density at radius 1 is 0.891 bits per heavy atom. The van der Waals surface area contributed by atoms with Crippen LogP contribution in [0, 0.1) is 49.4 Å². The van der Waals surface area contributed by atoms with Gasteiger partial charge in [0.25, 0.3) is 0 Å².